The molecule has 2 aromatic heterocycles. The van der Waals surface area contributed by atoms with Gasteiger partial charge in [-0.2, -0.15) is 4.98 Å². The highest BCUT2D eigenvalue weighted by Crippen LogP contribution is 2.28. The fourth-order valence-electron chi connectivity index (χ4n) is 3.20. The summed E-state index contributed by atoms with van der Waals surface area (Å²) in [6.45, 7) is 2.93. The molecular weight excluding hydrogens is 430 g/mol. The first-order valence-electron chi connectivity index (χ1n) is 9.52. The van der Waals surface area contributed by atoms with Crippen molar-refractivity contribution in [3.63, 3.8) is 0 Å². The monoisotopic (exact) mass is 448 g/mol. The number of ether oxygens (including phenoxy) is 1. The summed E-state index contributed by atoms with van der Waals surface area (Å²) < 4.78 is 34.9. The summed E-state index contributed by atoms with van der Waals surface area (Å²) in [5.74, 6) is -1.13. The van der Waals surface area contributed by atoms with E-state index in [1.54, 1.807) is 18.5 Å². The highest BCUT2D eigenvalue weighted by molar-refractivity contribution is 6.30. The smallest absolute Gasteiger partial charge is 0.416 e. The third-order valence-corrected chi connectivity index (χ3v) is 5.16. The molecule has 0 radical (unpaired) electrons. The maximum Gasteiger partial charge on any atom is 0.416 e. The van der Waals surface area contributed by atoms with Crippen molar-refractivity contribution in [3.8, 4) is 5.69 Å². The second-order valence-corrected chi connectivity index (χ2v) is 7.54. The number of hydrogen-bond acceptors (Lipinski definition) is 6. The van der Waals surface area contributed by atoms with Crippen LogP contribution in [0.4, 0.5) is 25.3 Å². The summed E-state index contributed by atoms with van der Waals surface area (Å²) in [6, 6.07) is 5.98. The van der Waals surface area contributed by atoms with Crippen LogP contribution in [0.1, 0.15) is 25.6 Å². The Bertz CT molecular complexity index is 1090. The van der Waals surface area contributed by atoms with E-state index >= 15 is 0 Å². The van der Waals surface area contributed by atoms with Crippen molar-refractivity contribution in [2.45, 2.75) is 32.1 Å². The molecule has 1 saturated heterocycles. The summed E-state index contributed by atoms with van der Waals surface area (Å²) in [5, 5.41) is 3.66. The van der Waals surface area contributed by atoms with Crippen LogP contribution in [0.15, 0.2) is 43.0 Å². The van der Waals surface area contributed by atoms with Crippen molar-refractivity contribution >= 4 is 29.5 Å². The standard InChI is InChI=1S/C20H19ClF2N6O2/c1-11(22)17-9-31-20(30)29(17)18-15(23)7-24-19(27-18)26-12(2)16-8-28(10-25-16)14-5-3-13(21)4-6-14/h3-8,10-12,17H,9H2,1-2H3,(H,24,26,27)/t11-,12-,17?/m0/s1. The number of imidazole rings is 1. The molecule has 1 aliphatic rings. The average Bonchev–Trinajstić information content (AvgIpc) is 3.37. The Morgan fingerprint density at radius 2 is 2.00 bits per heavy atom. The Kier molecular flexibility index (Phi) is 5.73. The van der Waals surface area contributed by atoms with E-state index in [0.29, 0.717) is 10.7 Å². The van der Waals surface area contributed by atoms with Crippen LogP contribution in [0, 0.1) is 5.82 Å². The van der Waals surface area contributed by atoms with E-state index < -0.39 is 24.1 Å². The number of aromatic nitrogens is 4. The van der Waals surface area contributed by atoms with Gasteiger partial charge in [-0.1, -0.05) is 11.6 Å². The second-order valence-electron chi connectivity index (χ2n) is 7.11. The van der Waals surface area contributed by atoms with Gasteiger partial charge in [0.1, 0.15) is 18.8 Å². The molecule has 0 saturated carbocycles. The van der Waals surface area contributed by atoms with Gasteiger partial charge in [0.2, 0.25) is 5.95 Å². The molecule has 1 amide bonds. The van der Waals surface area contributed by atoms with Gasteiger partial charge < -0.3 is 14.6 Å². The predicted molar refractivity (Wildman–Crippen MR) is 111 cm³/mol. The largest absolute Gasteiger partial charge is 0.447 e. The van der Waals surface area contributed by atoms with Gasteiger partial charge in [0.25, 0.3) is 0 Å². The summed E-state index contributed by atoms with van der Waals surface area (Å²) in [5.41, 5.74) is 1.56. The number of hydrogen-bond donors (Lipinski definition) is 1. The van der Waals surface area contributed by atoms with Crippen molar-refractivity contribution in [1.29, 1.82) is 0 Å². The minimum absolute atomic E-state index is 0.0647. The molecule has 1 N–H and O–H groups in total. The normalized spacial score (nSPS) is 18.0. The molecule has 1 aromatic carbocycles. The van der Waals surface area contributed by atoms with Gasteiger partial charge in [-0.3, -0.25) is 0 Å². The molecule has 1 aliphatic heterocycles. The van der Waals surface area contributed by atoms with E-state index in [1.165, 1.54) is 6.92 Å². The molecule has 31 heavy (non-hydrogen) atoms. The molecule has 3 atom stereocenters. The Morgan fingerprint density at radius 3 is 2.71 bits per heavy atom. The lowest BCUT2D eigenvalue weighted by molar-refractivity contribution is 0.174. The molecule has 0 spiro atoms. The lowest BCUT2D eigenvalue weighted by Crippen LogP contribution is -2.40. The van der Waals surface area contributed by atoms with Crippen LogP contribution in [0.5, 0.6) is 0 Å². The lowest BCUT2D eigenvalue weighted by Gasteiger charge is -2.22. The van der Waals surface area contributed by atoms with Gasteiger partial charge in [0.15, 0.2) is 11.6 Å². The van der Waals surface area contributed by atoms with E-state index in [2.05, 4.69) is 20.3 Å². The maximum atomic E-state index is 14.4. The Hall–Kier alpha value is -3.27. The van der Waals surface area contributed by atoms with Crippen LogP contribution in [0.3, 0.4) is 0 Å². The summed E-state index contributed by atoms with van der Waals surface area (Å²) in [4.78, 5) is 25.3. The van der Waals surface area contributed by atoms with E-state index in [9.17, 15) is 13.6 Å². The van der Waals surface area contributed by atoms with Crippen LogP contribution in [0.2, 0.25) is 5.02 Å². The number of alkyl halides is 1. The third kappa shape index (κ3) is 4.29. The fraction of sp³-hybridized carbons (Fsp3) is 0.300. The number of rotatable bonds is 6. The molecule has 3 heterocycles. The molecule has 162 valence electrons. The number of benzene rings is 1. The van der Waals surface area contributed by atoms with Gasteiger partial charge in [0.05, 0.1) is 24.3 Å². The number of nitrogens with one attached hydrogen (secondary N) is 1. The first-order chi connectivity index (χ1) is 14.8. The number of amides is 1. The molecule has 4 rings (SSSR count). The van der Waals surface area contributed by atoms with Crippen LogP contribution < -0.4 is 10.2 Å². The Labute approximate surface area is 181 Å². The zero-order chi connectivity index (χ0) is 22.1. The minimum atomic E-state index is -1.42. The topological polar surface area (TPSA) is 85.2 Å². The predicted octanol–water partition coefficient (Wildman–Crippen LogP) is 4.31. The number of carbonyl (C=O) groups is 1. The van der Waals surface area contributed by atoms with Gasteiger partial charge in [0, 0.05) is 16.9 Å². The Balaban J connectivity index is 1.54. The zero-order valence-corrected chi connectivity index (χ0v) is 17.4. The molecular formula is C20H19ClF2N6O2. The maximum absolute atomic E-state index is 14.4. The van der Waals surface area contributed by atoms with Crippen LogP contribution in [-0.2, 0) is 4.74 Å². The van der Waals surface area contributed by atoms with Crippen molar-refractivity contribution in [3.05, 3.63) is 59.5 Å². The molecule has 1 fully saturated rings. The summed E-state index contributed by atoms with van der Waals surface area (Å²) >= 11 is 5.92. The van der Waals surface area contributed by atoms with Crippen LogP contribution >= 0.6 is 11.6 Å². The first kappa shape index (κ1) is 21.0. The lowest BCUT2D eigenvalue weighted by atomic mass is 10.2. The van der Waals surface area contributed by atoms with Gasteiger partial charge in [-0.25, -0.2) is 28.4 Å². The number of carbonyl (C=O) groups excluding carboxylic acids is 1. The molecule has 3 aromatic rings. The summed E-state index contributed by atoms with van der Waals surface area (Å²) in [6.07, 6.45) is 2.13. The van der Waals surface area contributed by atoms with E-state index in [1.807, 2.05) is 29.8 Å². The Morgan fingerprint density at radius 1 is 1.26 bits per heavy atom. The van der Waals surface area contributed by atoms with Gasteiger partial charge >= 0.3 is 6.09 Å². The average molecular weight is 449 g/mol. The van der Waals surface area contributed by atoms with Crippen molar-refractivity contribution in [2.75, 3.05) is 16.8 Å². The second kappa shape index (κ2) is 8.46. The highest BCUT2D eigenvalue weighted by Gasteiger charge is 2.40. The van der Waals surface area contributed by atoms with Crippen molar-refractivity contribution in [1.82, 2.24) is 19.5 Å². The van der Waals surface area contributed by atoms with Gasteiger partial charge in [-0.15, -0.1) is 0 Å². The third-order valence-electron chi connectivity index (χ3n) is 4.91. The zero-order valence-electron chi connectivity index (χ0n) is 16.7. The minimum Gasteiger partial charge on any atom is -0.447 e. The molecule has 0 aliphatic carbocycles. The fourth-order valence-corrected chi connectivity index (χ4v) is 3.32. The van der Waals surface area contributed by atoms with Crippen molar-refractivity contribution in [2.24, 2.45) is 0 Å². The van der Waals surface area contributed by atoms with E-state index in [4.69, 9.17) is 16.3 Å². The van der Waals surface area contributed by atoms with E-state index in [-0.39, 0.29) is 24.4 Å². The quantitative estimate of drug-likeness (QED) is 0.604. The number of nitrogens with zero attached hydrogens (tertiary/aromatic N) is 5. The highest BCUT2D eigenvalue weighted by atomic mass is 35.5. The SMILES string of the molecule is C[C@H](Nc1ncc(F)c(N2C(=O)OCC2[C@H](C)F)n1)c1cn(-c2ccc(Cl)cc2)cn1. The molecule has 8 nitrogen and oxygen atoms in total. The number of halogens is 3. The van der Waals surface area contributed by atoms with Gasteiger partial charge in [-0.05, 0) is 38.1 Å². The molecule has 11 heteroatoms. The van der Waals surface area contributed by atoms with Crippen LogP contribution in [0.25, 0.3) is 5.69 Å². The number of anilines is 2. The van der Waals surface area contributed by atoms with Crippen molar-refractivity contribution < 1.29 is 18.3 Å². The molecule has 0 bridgehead atoms. The van der Waals surface area contributed by atoms with E-state index in [0.717, 1.165) is 16.8 Å². The summed E-state index contributed by atoms with van der Waals surface area (Å²) in [7, 11) is 0. The number of cyclic esters (lactones) is 1. The first-order valence-corrected chi connectivity index (χ1v) is 9.90. The van der Waals surface area contributed by atoms with Crippen LogP contribution in [-0.4, -0.2) is 44.4 Å². The molecule has 1 unspecified atom stereocenters.